The van der Waals surface area contributed by atoms with Crippen LogP contribution in [0, 0.1) is 0 Å². The predicted molar refractivity (Wildman–Crippen MR) is 74.8 cm³/mol. The Morgan fingerprint density at radius 3 is 2.89 bits per heavy atom. The van der Waals surface area contributed by atoms with E-state index in [1.165, 1.54) is 6.07 Å². The zero-order valence-corrected chi connectivity index (χ0v) is 12.2. The third kappa shape index (κ3) is 4.88. The van der Waals surface area contributed by atoms with E-state index in [4.69, 9.17) is 4.74 Å². The molecular weight excluding hydrogens is 320 g/mol. The van der Waals surface area contributed by atoms with E-state index in [0.29, 0.717) is 18.4 Å². The molecule has 6 heteroatoms. The number of benzene rings is 1. The van der Waals surface area contributed by atoms with Gasteiger partial charge in [-0.05, 0) is 31.0 Å². The fourth-order valence-corrected chi connectivity index (χ4v) is 1.93. The first kappa shape index (κ1) is 15.3. The molecule has 0 saturated heterocycles. The number of thiol groups is 1. The van der Waals surface area contributed by atoms with Gasteiger partial charge >= 0.3 is 5.97 Å². The van der Waals surface area contributed by atoms with E-state index in [1.54, 1.807) is 12.1 Å². The molecule has 0 aliphatic carbocycles. The highest BCUT2D eigenvalue weighted by Gasteiger charge is 2.12. The number of aliphatic hydroxyl groups excluding tert-OH is 1. The maximum Gasteiger partial charge on any atom is 0.315 e. The highest BCUT2D eigenvalue weighted by Crippen LogP contribution is 2.29. The summed E-state index contributed by atoms with van der Waals surface area (Å²) in [6, 6.07) is 4.88. The summed E-state index contributed by atoms with van der Waals surface area (Å²) in [5, 5.41) is 19.5. The minimum atomic E-state index is -0.780. The third-order valence-electron chi connectivity index (χ3n) is 2.36. The van der Waals surface area contributed by atoms with Crippen molar-refractivity contribution < 1.29 is 19.7 Å². The summed E-state index contributed by atoms with van der Waals surface area (Å²) in [6.45, 7) is 0.241. The Labute approximate surface area is 120 Å². The van der Waals surface area contributed by atoms with Crippen molar-refractivity contribution in [2.24, 2.45) is 0 Å². The SMILES string of the molecule is O=C(CS)OCCC[C@H](O)c1cc(Br)ccc1O. The molecule has 1 aromatic carbocycles. The van der Waals surface area contributed by atoms with Crippen molar-refractivity contribution in [3.05, 3.63) is 28.2 Å². The molecule has 0 spiro atoms. The number of phenols is 1. The van der Waals surface area contributed by atoms with Gasteiger partial charge in [-0.2, -0.15) is 12.6 Å². The number of hydrogen-bond donors (Lipinski definition) is 3. The molecule has 0 aliphatic rings. The largest absolute Gasteiger partial charge is 0.508 e. The average molecular weight is 335 g/mol. The van der Waals surface area contributed by atoms with Crippen LogP contribution < -0.4 is 0 Å². The van der Waals surface area contributed by atoms with E-state index in [-0.39, 0.29) is 24.1 Å². The number of phenolic OH excluding ortho intramolecular Hbond substituents is 1. The van der Waals surface area contributed by atoms with Gasteiger partial charge in [0.15, 0.2) is 0 Å². The first-order valence-corrected chi connectivity index (χ1v) is 6.90. The van der Waals surface area contributed by atoms with Crippen molar-refractivity contribution in [2.75, 3.05) is 12.4 Å². The van der Waals surface area contributed by atoms with Crippen LogP contribution in [0.25, 0.3) is 0 Å². The lowest BCUT2D eigenvalue weighted by Gasteiger charge is -2.13. The predicted octanol–water partition coefficient (Wildman–Crippen LogP) is 2.44. The van der Waals surface area contributed by atoms with E-state index < -0.39 is 6.10 Å². The minimum Gasteiger partial charge on any atom is -0.508 e. The fraction of sp³-hybridized carbons (Fsp3) is 0.417. The first-order valence-electron chi connectivity index (χ1n) is 5.47. The van der Waals surface area contributed by atoms with Crippen LogP contribution in [-0.4, -0.2) is 28.5 Å². The lowest BCUT2D eigenvalue weighted by atomic mass is 10.0. The van der Waals surface area contributed by atoms with Gasteiger partial charge in [-0.15, -0.1) is 0 Å². The summed E-state index contributed by atoms with van der Waals surface area (Å²) >= 11 is 7.05. The summed E-state index contributed by atoms with van der Waals surface area (Å²) < 4.78 is 5.62. The monoisotopic (exact) mass is 334 g/mol. The van der Waals surface area contributed by atoms with E-state index in [1.807, 2.05) is 0 Å². The van der Waals surface area contributed by atoms with E-state index >= 15 is 0 Å². The maximum absolute atomic E-state index is 10.8. The lowest BCUT2D eigenvalue weighted by Crippen LogP contribution is -2.08. The summed E-state index contributed by atoms with van der Waals surface area (Å²) in [6.07, 6.45) is 0.147. The second kappa shape index (κ2) is 7.66. The average Bonchev–Trinajstić information content (AvgIpc) is 2.36. The summed E-state index contributed by atoms with van der Waals surface area (Å²) in [4.78, 5) is 10.8. The smallest absolute Gasteiger partial charge is 0.315 e. The molecule has 0 saturated carbocycles. The van der Waals surface area contributed by atoms with Gasteiger partial charge in [0.1, 0.15) is 5.75 Å². The Balaban J connectivity index is 2.43. The van der Waals surface area contributed by atoms with Crippen molar-refractivity contribution in [1.82, 2.24) is 0 Å². The lowest BCUT2D eigenvalue weighted by molar-refractivity contribution is -0.140. The number of halogens is 1. The number of aromatic hydroxyl groups is 1. The molecule has 0 radical (unpaired) electrons. The fourth-order valence-electron chi connectivity index (χ4n) is 1.46. The molecule has 0 unspecified atom stereocenters. The maximum atomic E-state index is 10.8. The molecule has 100 valence electrons. The Hall–Kier alpha value is -0.720. The molecule has 0 aliphatic heterocycles. The van der Waals surface area contributed by atoms with Crippen LogP contribution in [0.15, 0.2) is 22.7 Å². The molecule has 2 N–H and O–H groups in total. The molecule has 1 rings (SSSR count). The highest BCUT2D eigenvalue weighted by molar-refractivity contribution is 9.10. The van der Waals surface area contributed by atoms with Gasteiger partial charge in [0.05, 0.1) is 18.5 Å². The van der Waals surface area contributed by atoms with E-state index in [0.717, 1.165) is 4.47 Å². The van der Waals surface area contributed by atoms with Crippen LogP contribution in [0.5, 0.6) is 5.75 Å². The molecule has 1 aromatic rings. The number of rotatable bonds is 6. The number of carbonyl (C=O) groups is 1. The van der Waals surface area contributed by atoms with Crippen LogP contribution in [-0.2, 0) is 9.53 Å². The van der Waals surface area contributed by atoms with E-state index in [9.17, 15) is 15.0 Å². The van der Waals surface area contributed by atoms with Crippen molar-refractivity contribution >= 4 is 34.5 Å². The Bertz CT molecular complexity index is 411. The quantitative estimate of drug-likeness (QED) is 0.424. The Morgan fingerprint density at radius 2 is 2.22 bits per heavy atom. The number of hydrogen-bond acceptors (Lipinski definition) is 5. The van der Waals surface area contributed by atoms with Gasteiger partial charge in [-0.25, -0.2) is 0 Å². The van der Waals surface area contributed by atoms with Crippen LogP contribution in [0.3, 0.4) is 0 Å². The minimum absolute atomic E-state index is 0.0506. The van der Waals surface area contributed by atoms with Gasteiger partial charge < -0.3 is 14.9 Å². The van der Waals surface area contributed by atoms with Crippen LogP contribution in [0.1, 0.15) is 24.5 Å². The molecule has 0 bridgehead atoms. The van der Waals surface area contributed by atoms with Crippen molar-refractivity contribution in [3.63, 3.8) is 0 Å². The molecule has 0 fully saturated rings. The standard InChI is InChI=1S/C12H15BrO4S/c13-8-3-4-11(15)9(6-8)10(14)2-1-5-17-12(16)7-18/h3-4,6,10,14-15,18H,1-2,5,7H2/t10-/m0/s1. The topological polar surface area (TPSA) is 66.8 Å². The Kier molecular flexibility index (Phi) is 6.52. The number of esters is 1. The number of ether oxygens (including phenoxy) is 1. The van der Waals surface area contributed by atoms with Gasteiger partial charge in [-0.1, -0.05) is 15.9 Å². The van der Waals surface area contributed by atoms with Crippen molar-refractivity contribution in [3.8, 4) is 5.75 Å². The molecule has 4 nitrogen and oxygen atoms in total. The molecule has 18 heavy (non-hydrogen) atoms. The molecule has 1 atom stereocenters. The van der Waals surface area contributed by atoms with Crippen molar-refractivity contribution in [2.45, 2.75) is 18.9 Å². The summed E-state index contributed by atoms with van der Waals surface area (Å²) in [5.74, 6) is -0.272. The molecule has 0 amide bonds. The number of aliphatic hydroxyl groups is 1. The summed E-state index contributed by atoms with van der Waals surface area (Å²) in [7, 11) is 0. The molecule has 0 heterocycles. The van der Waals surface area contributed by atoms with E-state index in [2.05, 4.69) is 28.6 Å². The molecule has 0 aromatic heterocycles. The third-order valence-corrected chi connectivity index (χ3v) is 3.11. The van der Waals surface area contributed by atoms with Crippen LogP contribution in [0.2, 0.25) is 0 Å². The Morgan fingerprint density at radius 1 is 1.50 bits per heavy atom. The number of carbonyl (C=O) groups excluding carboxylic acids is 1. The molecular formula is C12H15BrO4S. The van der Waals surface area contributed by atoms with Gasteiger partial charge in [0.25, 0.3) is 0 Å². The van der Waals surface area contributed by atoms with Crippen LogP contribution in [0.4, 0.5) is 0 Å². The second-order valence-corrected chi connectivity index (χ2v) is 4.97. The normalized spacial score (nSPS) is 12.2. The zero-order valence-electron chi connectivity index (χ0n) is 9.67. The van der Waals surface area contributed by atoms with Gasteiger partial charge in [-0.3, -0.25) is 4.79 Å². The first-order chi connectivity index (χ1) is 8.54. The van der Waals surface area contributed by atoms with Gasteiger partial charge in [0.2, 0.25) is 0 Å². The van der Waals surface area contributed by atoms with Gasteiger partial charge in [0, 0.05) is 10.0 Å². The second-order valence-electron chi connectivity index (χ2n) is 3.74. The zero-order chi connectivity index (χ0) is 13.5. The van der Waals surface area contributed by atoms with Crippen molar-refractivity contribution in [1.29, 1.82) is 0 Å². The summed E-state index contributed by atoms with van der Waals surface area (Å²) in [5.41, 5.74) is 0.463. The highest BCUT2D eigenvalue weighted by atomic mass is 79.9. The van der Waals surface area contributed by atoms with Crippen LogP contribution >= 0.6 is 28.6 Å².